The van der Waals surface area contributed by atoms with Gasteiger partial charge in [-0.2, -0.15) is 0 Å². The number of nitrogens with one attached hydrogen (secondary N) is 1. The van der Waals surface area contributed by atoms with E-state index in [1.54, 1.807) is 0 Å². The molecule has 6 heteroatoms. The Hall–Kier alpha value is -2.60. The molecule has 0 saturated heterocycles. The van der Waals surface area contributed by atoms with Crippen LogP contribution in [0.15, 0.2) is 59.8 Å². The smallest absolute Gasteiger partial charge is 0.233 e. The van der Waals surface area contributed by atoms with Crippen molar-refractivity contribution in [2.75, 3.05) is 0 Å². The van der Waals surface area contributed by atoms with Crippen molar-refractivity contribution >= 4 is 17.7 Å². The van der Waals surface area contributed by atoms with E-state index in [0.29, 0.717) is 6.54 Å². The van der Waals surface area contributed by atoms with Crippen LogP contribution in [0.4, 0.5) is 0 Å². The van der Waals surface area contributed by atoms with Crippen molar-refractivity contribution in [3.8, 4) is 5.69 Å². The Morgan fingerprint density at radius 1 is 1.08 bits per heavy atom. The molecule has 2 aromatic carbocycles. The molecular weight excluding hydrogens is 344 g/mol. The fourth-order valence-electron chi connectivity index (χ4n) is 2.65. The molecule has 0 saturated carbocycles. The molecule has 1 heterocycles. The second-order valence-corrected chi connectivity index (χ2v) is 7.42. The zero-order chi connectivity index (χ0) is 18.5. The minimum absolute atomic E-state index is 0.0177. The molecule has 1 atom stereocenters. The lowest BCUT2D eigenvalue weighted by atomic mass is 10.2. The number of hydrogen-bond acceptors (Lipinski definition) is 4. The molecule has 0 fully saturated rings. The Morgan fingerprint density at radius 3 is 2.50 bits per heavy atom. The first-order valence-electron chi connectivity index (χ1n) is 8.52. The molecule has 3 rings (SSSR count). The lowest BCUT2D eigenvalue weighted by molar-refractivity contribution is -0.120. The van der Waals surface area contributed by atoms with Crippen molar-refractivity contribution in [1.29, 1.82) is 0 Å². The Morgan fingerprint density at radius 2 is 1.77 bits per heavy atom. The summed E-state index contributed by atoms with van der Waals surface area (Å²) in [6, 6.07) is 18.0. The van der Waals surface area contributed by atoms with Gasteiger partial charge in [-0.3, -0.25) is 9.36 Å². The zero-order valence-electron chi connectivity index (χ0n) is 15.1. The van der Waals surface area contributed by atoms with Crippen molar-refractivity contribution in [3.05, 3.63) is 71.5 Å². The number of rotatable bonds is 6. The molecule has 5 nitrogen and oxygen atoms in total. The second-order valence-electron chi connectivity index (χ2n) is 6.12. The molecule has 0 spiro atoms. The van der Waals surface area contributed by atoms with Gasteiger partial charge in [0.15, 0.2) is 5.16 Å². The molecule has 3 aromatic rings. The summed E-state index contributed by atoms with van der Waals surface area (Å²) in [6.45, 7) is 6.38. The molecule has 1 aromatic heterocycles. The maximum atomic E-state index is 12.5. The van der Waals surface area contributed by atoms with Gasteiger partial charge in [0, 0.05) is 6.54 Å². The minimum Gasteiger partial charge on any atom is -0.351 e. The van der Waals surface area contributed by atoms with Crippen molar-refractivity contribution in [3.63, 3.8) is 0 Å². The number of aryl methyl sites for hydroxylation is 2. The van der Waals surface area contributed by atoms with Gasteiger partial charge in [0.2, 0.25) is 5.91 Å². The van der Waals surface area contributed by atoms with E-state index in [0.717, 1.165) is 27.8 Å². The van der Waals surface area contributed by atoms with Gasteiger partial charge < -0.3 is 5.32 Å². The third-order valence-electron chi connectivity index (χ3n) is 4.11. The number of hydrogen-bond donors (Lipinski definition) is 1. The van der Waals surface area contributed by atoms with Crippen LogP contribution in [0.3, 0.4) is 0 Å². The first-order chi connectivity index (χ1) is 12.6. The molecule has 0 unspecified atom stereocenters. The molecule has 0 radical (unpaired) electrons. The maximum absolute atomic E-state index is 12.5. The van der Waals surface area contributed by atoms with Crippen molar-refractivity contribution in [1.82, 2.24) is 20.1 Å². The lowest BCUT2D eigenvalue weighted by Crippen LogP contribution is -2.30. The van der Waals surface area contributed by atoms with Gasteiger partial charge in [-0.15, -0.1) is 10.2 Å². The summed E-state index contributed by atoms with van der Waals surface area (Å²) in [6.07, 6.45) is 0. The quantitative estimate of drug-likeness (QED) is 0.676. The monoisotopic (exact) mass is 366 g/mol. The predicted molar refractivity (Wildman–Crippen MR) is 104 cm³/mol. The van der Waals surface area contributed by atoms with Crippen LogP contribution >= 0.6 is 11.8 Å². The number of benzene rings is 2. The summed E-state index contributed by atoms with van der Waals surface area (Å²) in [5.41, 5.74) is 3.25. The number of carbonyl (C=O) groups excluding carboxylic acids is 1. The number of carbonyl (C=O) groups is 1. The summed E-state index contributed by atoms with van der Waals surface area (Å²) < 4.78 is 2.00. The third kappa shape index (κ3) is 4.14. The fourth-order valence-corrected chi connectivity index (χ4v) is 3.58. The first kappa shape index (κ1) is 18.2. The minimum atomic E-state index is -0.273. The summed E-state index contributed by atoms with van der Waals surface area (Å²) >= 11 is 1.42. The van der Waals surface area contributed by atoms with E-state index in [4.69, 9.17) is 0 Å². The van der Waals surface area contributed by atoms with Gasteiger partial charge in [-0.1, -0.05) is 60.3 Å². The molecule has 0 aliphatic heterocycles. The highest BCUT2D eigenvalue weighted by atomic mass is 32.2. The van der Waals surface area contributed by atoms with Gasteiger partial charge in [0.25, 0.3) is 0 Å². The number of aromatic nitrogens is 3. The van der Waals surface area contributed by atoms with Crippen LogP contribution in [0.25, 0.3) is 5.69 Å². The number of amides is 1. The van der Waals surface area contributed by atoms with E-state index in [1.165, 1.54) is 11.8 Å². The van der Waals surface area contributed by atoms with Gasteiger partial charge in [-0.25, -0.2) is 0 Å². The average molecular weight is 366 g/mol. The van der Waals surface area contributed by atoms with Gasteiger partial charge in [-0.05, 0) is 38.0 Å². The van der Waals surface area contributed by atoms with Crippen LogP contribution in [-0.2, 0) is 11.3 Å². The van der Waals surface area contributed by atoms with Crippen LogP contribution in [0.1, 0.15) is 23.9 Å². The Kier molecular flexibility index (Phi) is 5.73. The molecule has 0 aliphatic rings. The highest BCUT2D eigenvalue weighted by Crippen LogP contribution is 2.27. The molecule has 0 bridgehead atoms. The summed E-state index contributed by atoms with van der Waals surface area (Å²) in [7, 11) is 0. The number of thioether (sulfide) groups is 1. The molecule has 26 heavy (non-hydrogen) atoms. The van der Waals surface area contributed by atoms with Gasteiger partial charge in [0.05, 0.1) is 10.9 Å². The fraction of sp³-hybridized carbons (Fsp3) is 0.250. The van der Waals surface area contributed by atoms with E-state index in [9.17, 15) is 4.79 Å². The molecular formula is C20H22N4OS. The predicted octanol–water partition coefficient (Wildman–Crippen LogP) is 3.68. The van der Waals surface area contributed by atoms with Crippen LogP contribution in [0, 0.1) is 13.8 Å². The summed E-state index contributed by atoms with van der Waals surface area (Å²) in [5.74, 6) is 0.787. The normalized spacial score (nSPS) is 12.0. The number of para-hydroxylation sites is 1. The third-order valence-corrected chi connectivity index (χ3v) is 5.16. The molecule has 1 amide bonds. The van der Waals surface area contributed by atoms with Crippen LogP contribution in [0.5, 0.6) is 0 Å². The highest BCUT2D eigenvalue weighted by Gasteiger charge is 2.20. The van der Waals surface area contributed by atoms with E-state index in [2.05, 4.69) is 28.5 Å². The van der Waals surface area contributed by atoms with E-state index >= 15 is 0 Å². The topological polar surface area (TPSA) is 59.8 Å². The van der Waals surface area contributed by atoms with E-state index in [-0.39, 0.29) is 11.2 Å². The standard InChI is InChI=1S/C20H22N4OS/c1-14-9-7-8-12-18(14)24-16(3)22-23-20(24)26-15(2)19(25)21-13-17-10-5-4-6-11-17/h4-12,15H,13H2,1-3H3,(H,21,25)/t15-/m0/s1. The van der Waals surface area contributed by atoms with Gasteiger partial charge >= 0.3 is 0 Å². The Labute approximate surface area is 157 Å². The van der Waals surface area contributed by atoms with Gasteiger partial charge in [0.1, 0.15) is 5.82 Å². The largest absolute Gasteiger partial charge is 0.351 e. The average Bonchev–Trinajstić information content (AvgIpc) is 3.01. The highest BCUT2D eigenvalue weighted by molar-refractivity contribution is 8.00. The van der Waals surface area contributed by atoms with Crippen molar-refractivity contribution < 1.29 is 4.79 Å². The SMILES string of the molecule is Cc1ccccc1-n1c(C)nnc1S[C@@H](C)C(=O)NCc1ccccc1. The second kappa shape index (κ2) is 8.19. The first-order valence-corrected chi connectivity index (χ1v) is 9.40. The zero-order valence-corrected chi connectivity index (χ0v) is 16.0. The Bertz CT molecular complexity index is 892. The lowest BCUT2D eigenvalue weighted by Gasteiger charge is -2.14. The van der Waals surface area contributed by atoms with Crippen LogP contribution in [-0.4, -0.2) is 25.9 Å². The van der Waals surface area contributed by atoms with E-state index in [1.807, 2.05) is 66.9 Å². The van der Waals surface area contributed by atoms with Crippen molar-refractivity contribution in [2.45, 2.75) is 37.7 Å². The molecule has 0 aliphatic carbocycles. The summed E-state index contributed by atoms with van der Waals surface area (Å²) in [4.78, 5) is 12.5. The molecule has 1 N–H and O–H groups in total. The Balaban J connectivity index is 1.71. The molecule has 134 valence electrons. The summed E-state index contributed by atoms with van der Waals surface area (Å²) in [5, 5.41) is 11.9. The van der Waals surface area contributed by atoms with E-state index < -0.39 is 0 Å². The van der Waals surface area contributed by atoms with Crippen LogP contribution < -0.4 is 5.32 Å². The maximum Gasteiger partial charge on any atom is 0.233 e. The van der Waals surface area contributed by atoms with Crippen molar-refractivity contribution in [2.24, 2.45) is 0 Å². The van der Waals surface area contributed by atoms with Crippen LogP contribution in [0.2, 0.25) is 0 Å². The number of nitrogens with zero attached hydrogens (tertiary/aromatic N) is 3.